The van der Waals surface area contributed by atoms with E-state index < -0.39 is 6.04 Å². The van der Waals surface area contributed by atoms with Crippen LogP contribution >= 0.6 is 6.04 Å². The topological polar surface area (TPSA) is 13.1 Å². The maximum Gasteiger partial charge on any atom is 0.135 e. The molecule has 0 spiro atoms. The molecule has 0 saturated heterocycles. The average molecular weight is 300 g/mol. The van der Waals surface area contributed by atoms with E-state index in [0.717, 1.165) is 11.9 Å². The summed E-state index contributed by atoms with van der Waals surface area (Å²) >= 11 is 6.17. The molecule has 2 aromatic rings. The summed E-state index contributed by atoms with van der Waals surface area (Å²) in [6.07, 6.45) is 4.91. The number of hydrogen-bond acceptors (Lipinski definition) is 2. The van der Waals surface area contributed by atoms with Crippen LogP contribution in [0, 0.1) is 0 Å². The second-order valence-corrected chi connectivity index (χ2v) is 9.87. The quantitative estimate of drug-likeness (QED) is 0.741. The summed E-state index contributed by atoms with van der Waals surface area (Å²) in [6.45, 7) is 4.34. The van der Waals surface area contributed by atoms with Gasteiger partial charge in [0.25, 0.3) is 0 Å². The standard InChI is InChI=1S/C17H17OPS/c1-13-11-17(16-9-6-10-18-16)19(20,12-14(13)2)15-7-4-3-5-8-15/h3-11H,12H2,1-2H3. The van der Waals surface area contributed by atoms with Gasteiger partial charge in [-0.1, -0.05) is 53.3 Å². The van der Waals surface area contributed by atoms with Crippen LogP contribution in [0.5, 0.6) is 0 Å². The van der Waals surface area contributed by atoms with Crippen LogP contribution in [-0.2, 0) is 11.8 Å². The Hall–Kier alpha value is -1.37. The van der Waals surface area contributed by atoms with E-state index in [2.05, 4.69) is 44.2 Å². The van der Waals surface area contributed by atoms with Gasteiger partial charge in [0.05, 0.1) is 6.26 Å². The maximum atomic E-state index is 6.17. The zero-order chi connectivity index (χ0) is 14.2. The van der Waals surface area contributed by atoms with Gasteiger partial charge < -0.3 is 4.42 Å². The zero-order valence-corrected chi connectivity index (χ0v) is 13.4. The molecule has 3 heteroatoms. The highest BCUT2D eigenvalue weighted by Gasteiger charge is 2.30. The van der Waals surface area contributed by atoms with Crippen molar-refractivity contribution in [2.75, 3.05) is 6.16 Å². The third-order valence-electron chi connectivity index (χ3n) is 3.82. The molecule has 1 nitrogen and oxygen atoms in total. The van der Waals surface area contributed by atoms with Gasteiger partial charge in [-0.3, -0.25) is 0 Å². The van der Waals surface area contributed by atoms with Crippen LogP contribution < -0.4 is 5.30 Å². The lowest BCUT2D eigenvalue weighted by molar-refractivity contribution is 0.555. The van der Waals surface area contributed by atoms with Crippen molar-refractivity contribution in [1.29, 1.82) is 0 Å². The van der Waals surface area contributed by atoms with Crippen molar-refractivity contribution in [3.8, 4) is 0 Å². The summed E-state index contributed by atoms with van der Waals surface area (Å²) in [5.41, 5.74) is 2.71. The summed E-state index contributed by atoms with van der Waals surface area (Å²) in [5, 5.41) is 2.47. The van der Waals surface area contributed by atoms with E-state index in [-0.39, 0.29) is 0 Å². The molecule has 0 saturated carbocycles. The van der Waals surface area contributed by atoms with E-state index in [0.29, 0.717) is 0 Å². The van der Waals surface area contributed by atoms with Crippen molar-refractivity contribution in [3.63, 3.8) is 0 Å². The van der Waals surface area contributed by atoms with Crippen molar-refractivity contribution in [1.82, 2.24) is 0 Å². The van der Waals surface area contributed by atoms with Crippen LogP contribution in [0.15, 0.2) is 70.4 Å². The van der Waals surface area contributed by atoms with Crippen molar-refractivity contribution in [3.05, 3.63) is 71.7 Å². The van der Waals surface area contributed by atoms with E-state index in [1.54, 1.807) is 6.26 Å². The lowest BCUT2D eigenvalue weighted by atomic mass is 10.1. The summed E-state index contributed by atoms with van der Waals surface area (Å²) < 4.78 is 5.64. The Morgan fingerprint density at radius 2 is 1.80 bits per heavy atom. The lowest BCUT2D eigenvalue weighted by Gasteiger charge is -2.29. The first-order valence-corrected chi connectivity index (χ1v) is 9.67. The van der Waals surface area contributed by atoms with Crippen molar-refractivity contribution < 1.29 is 4.42 Å². The molecule has 1 aliphatic heterocycles. The Kier molecular flexibility index (Phi) is 3.54. The summed E-state index contributed by atoms with van der Waals surface area (Å²) in [7, 11) is 0. The van der Waals surface area contributed by atoms with Gasteiger partial charge in [-0.2, -0.15) is 0 Å². The lowest BCUT2D eigenvalue weighted by Crippen LogP contribution is -2.12. The molecule has 0 radical (unpaired) electrons. The third-order valence-corrected chi connectivity index (χ3v) is 8.61. The summed E-state index contributed by atoms with van der Waals surface area (Å²) in [4.78, 5) is 0. The van der Waals surface area contributed by atoms with Gasteiger partial charge in [0.1, 0.15) is 5.76 Å². The Bertz CT molecular complexity index is 724. The molecule has 0 fully saturated rings. The summed E-state index contributed by atoms with van der Waals surface area (Å²) in [6, 6.07) is 12.6. The Labute approximate surface area is 125 Å². The second kappa shape index (κ2) is 5.20. The maximum absolute atomic E-state index is 6.17. The van der Waals surface area contributed by atoms with E-state index in [1.165, 1.54) is 21.8 Å². The van der Waals surface area contributed by atoms with Crippen LogP contribution in [0.25, 0.3) is 5.31 Å². The molecule has 0 aliphatic carbocycles. The normalized spacial score (nSPS) is 22.8. The summed E-state index contributed by atoms with van der Waals surface area (Å²) in [5.74, 6) is 0.920. The highest BCUT2D eigenvalue weighted by molar-refractivity contribution is 8.23. The van der Waals surface area contributed by atoms with Crippen LogP contribution in [0.1, 0.15) is 19.6 Å². The van der Waals surface area contributed by atoms with Crippen LogP contribution in [0.3, 0.4) is 0 Å². The molecule has 3 rings (SSSR count). The third kappa shape index (κ3) is 2.24. The second-order valence-electron chi connectivity index (χ2n) is 5.20. The van der Waals surface area contributed by atoms with Crippen LogP contribution in [0.4, 0.5) is 0 Å². The number of benzene rings is 1. The van der Waals surface area contributed by atoms with Crippen LogP contribution in [0.2, 0.25) is 0 Å². The first-order chi connectivity index (χ1) is 9.61. The van der Waals surface area contributed by atoms with Gasteiger partial charge in [-0.15, -0.1) is 0 Å². The van der Waals surface area contributed by atoms with Gasteiger partial charge in [0.2, 0.25) is 0 Å². The Morgan fingerprint density at radius 3 is 2.45 bits per heavy atom. The highest BCUT2D eigenvalue weighted by Crippen LogP contribution is 2.61. The van der Waals surface area contributed by atoms with Crippen molar-refractivity contribution in [2.24, 2.45) is 0 Å². The molecule has 1 aromatic carbocycles. The Balaban J connectivity index is 2.20. The molecule has 1 unspecified atom stereocenters. The first kappa shape index (κ1) is 13.6. The monoisotopic (exact) mass is 300 g/mol. The first-order valence-electron chi connectivity index (χ1n) is 6.68. The molecular formula is C17H17OPS. The number of rotatable bonds is 2. The smallest absolute Gasteiger partial charge is 0.135 e. The van der Waals surface area contributed by atoms with Gasteiger partial charge >= 0.3 is 0 Å². The van der Waals surface area contributed by atoms with Crippen molar-refractivity contribution >= 4 is 28.5 Å². The van der Waals surface area contributed by atoms with E-state index in [1.807, 2.05) is 18.2 Å². The molecule has 0 bridgehead atoms. The molecule has 2 heterocycles. The minimum Gasteiger partial charge on any atom is -0.464 e. The molecule has 1 atom stereocenters. The molecule has 20 heavy (non-hydrogen) atoms. The van der Waals surface area contributed by atoms with Gasteiger partial charge in [0, 0.05) is 17.5 Å². The zero-order valence-electron chi connectivity index (χ0n) is 11.7. The largest absolute Gasteiger partial charge is 0.464 e. The van der Waals surface area contributed by atoms with E-state index in [9.17, 15) is 0 Å². The highest BCUT2D eigenvalue weighted by atomic mass is 32.4. The number of hydrogen-bond donors (Lipinski definition) is 0. The fourth-order valence-corrected chi connectivity index (χ4v) is 7.01. The fourth-order valence-electron chi connectivity index (χ4n) is 2.55. The van der Waals surface area contributed by atoms with Gasteiger partial charge in [-0.25, -0.2) is 0 Å². The fraction of sp³-hybridized carbons (Fsp3) is 0.176. The van der Waals surface area contributed by atoms with Crippen molar-refractivity contribution in [2.45, 2.75) is 13.8 Å². The Morgan fingerprint density at radius 1 is 1.05 bits per heavy atom. The predicted molar refractivity (Wildman–Crippen MR) is 90.3 cm³/mol. The average Bonchev–Trinajstić information content (AvgIpc) is 2.98. The molecule has 0 amide bonds. The molecule has 102 valence electrons. The van der Waals surface area contributed by atoms with Gasteiger partial charge in [-0.05, 0) is 37.4 Å². The number of furan rings is 1. The minimum atomic E-state index is -1.82. The SMILES string of the molecule is CC1=C(C)CP(=S)(c2ccccc2)C(c2ccco2)=C1. The molecule has 1 aliphatic rings. The van der Waals surface area contributed by atoms with E-state index >= 15 is 0 Å². The number of allylic oxidation sites excluding steroid dienone is 3. The van der Waals surface area contributed by atoms with E-state index in [4.69, 9.17) is 16.2 Å². The molecule has 1 aromatic heterocycles. The molecule has 0 N–H and O–H groups in total. The minimum absolute atomic E-state index is 0.920. The van der Waals surface area contributed by atoms with Crippen LogP contribution in [-0.4, -0.2) is 6.16 Å². The molecular weight excluding hydrogens is 283 g/mol. The predicted octanol–water partition coefficient (Wildman–Crippen LogP) is 4.78. The van der Waals surface area contributed by atoms with Gasteiger partial charge in [0.15, 0.2) is 0 Å².